The number of benzene rings is 1. The average molecular weight is 226 g/mol. The number of hydrogen-bond donors (Lipinski definition) is 0. The predicted molar refractivity (Wildman–Crippen MR) is 65.1 cm³/mol. The van der Waals surface area contributed by atoms with Crippen LogP contribution in [0.25, 0.3) is 0 Å². The van der Waals surface area contributed by atoms with Gasteiger partial charge < -0.3 is 4.90 Å². The van der Waals surface area contributed by atoms with Gasteiger partial charge in [0.05, 0.1) is 0 Å². The van der Waals surface area contributed by atoms with Crippen LogP contribution < -0.4 is 4.90 Å². The third kappa shape index (κ3) is 3.56. The first-order chi connectivity index (χ1) is 7.31. The molecule has 0 aliphatic heterocycles. The molecule has 0 amide bonds. The molecule has 0 spiro atoms. The van der Waals surface area contributed by atoms with Crippen LogP contribution in [0.1, 0.15) is 23.7 Å². The van der Waals surface area contributed by atoms with Gasteiger partial charge in [0, 0.05) is 30.2 Å². The molecule has 0 aliphatic carbocycles. The van der Waals surface area contributed by atoms with Gasteiger partial charge in [0.2, 0.25) is 0 Å². The summed E-state index contributed by atoms with van der Waals surface area (Å²) in [6.45, 7) is 4.03. The molecule has 0 N–H and O–H groups in total. The third-order valence-electron chi connectivity index (χ3n) is 2.34. The maximum Gasteiger partial charge on any atom is 0.150 e. The van der Waals surface area contributed by atoms with Crippen molar-refractivity contribution < 1.29 is 4.79 Å². The second-order valence-electron chi connectivity index (χ2n) is 3.33. The third-order valence-corrected chi connectivity index (χ3v) is 2.60. The maximum atomic E-state index is 10.5. The summed E-state index contributed by atoms with van der Waals surface area (Å²) in [6, 6.07) is 7.63. The van der Waals surface area contributed by atoms with Gasteiger partial charge in [-0.05, 0) is 37.6 Å². The summed E-state index contributed by atoms with van der Waals surface area (Å²) in [5.74, 6) is 0.683. The summed E-state index contributed by atoms with van der Waals surface area (Å²) in [5, 5.41) is 0. The molecule has 1 aromatic carbocycles. The lowest BCUT2D eigenvalue weighted by molar-refractivity contribution is 0.112. The quantitative estimate of drug-likeness (QED) is 0.548. The van der Waals surface area contributed by atoms with Crippen LogP contribution in [0.2, 0.25) is 0 Å². The fraction of sp³-hybridized carbons (Fsp3) is 0.417. The number of carbonyl (C=O) groups excluding carboxylic acids is 1. The Hall–Kier alpha value is -1.02. The summed E-state index contributed by atoms with van der Waals surface area (Å²) < 4.78 is 0. The number of halogens is 1. The molecule has 82 valence electrons. The van der Waals surface area contributed by atoms with Gasteiger partial charge in [0.1, 0.15) is 6.29 Å². The lowest BCUT2D eigenvalue weighted by atomic mass is 10.2. The van der Waals surface area contributed by atoms with Crippen LogP contribution in [0.3, 0.4) is 0 Å². The van der Waals surface area contributed by atoms with Gasteiger partial charge in [-0.2, -0.15) is 0 Å². The Kier molecular flexibility index (Phi) is 5.19. The van der Waals surface area contributed by atoms with Crippen molar-refractivity contribution in [1.82, 2.24) is 0 Å². The molecule has 0 aromatic heterocycles. The van der Waals surface area contributed by atoms with E-state index in [4.69, 9.17) is 11.6 Å². The molecule has 2 nitrogen and oxygen atoms in total. The maximum absolute atomic E-state index is 10.5. The summed E-state index contributed by atoms with van der Waals surface area (Å²) in [4.78, 5) is 12.7. The van der Waals surface area contributed by atoms with Crippen LogP contribution in [0, 0.1) is 0 Å². The fourth-order valence-electron chi connectivity index (χ4n) is 1.48. The number of hydrogen-bond acceptors (Lipinski definition) is 2. The van der Waals surface area contributed by atoms with E-state index in [1.165, 1.54) is 0 Å². The molecule has 0 saturated heterocycles. The number of anilines is 1. The minimum Gasteiger partial charge on any atom is -0.372 e. The number of aldehydes is 1. The first-order valence-electron chi connectivity index (χ1n) is 5.18. The SMILES string of the molecule is CCN(CCCCl)c1ccc(C=O)cc1. The van der Waals surface area contributed by atoms with Crippen LogP contribution in [0.4, 0.5) is 5.69 Å². The van der Waals surface area contributed by atoms with Crippen molar-refractivity contribution >= 4 is 23.6 Å². The number of alkyl halides is 1. The Morgan fingerprint density at radius 1 is 1.33 bits per heavy atom. The van der Waals surface area contributed by atoms with Gasteiger partial charge in [-0.3, -0.25) is 4.79 Å². The van der Waals surface area contributed by atoms with Crippen LogP contribution in [-0.4, -0.2) is 25.3 Å². The normalized spacial score (nSPS) is 10.0. The summed E-state index contributed by atoms with van der Waals surface area (Å²) in [6.07, 6.45) is 1.84. The van der Waals surface area contributed by atoms with Gasteiger partial charge in [-0.25, -0.2) is 0 Å². The molecule has 0 heterocycles. The van der Waals surface area contributed by atoms with Crippen LogP contribution in [0.5, 0.6) is 0 Å². The molecule has 1 rings (SSSR count). The van der Waals surface area contributed by atoms with Crippen molar-refractivity contribution in [2.24, 2.45) is 0 Å². The Balaban J connectivity index is 2.69. The highest BCUT2D eigenvalue weighted by molar-refractivity contribution is 6.17. The Bertz CT molecular complexity index is 297. The fourth-order valence-corrected chi connectivity index (χ4v) is 1.60. The molecule has 0 radical (unpaired) electrons. The van der Waals surface area contributed by atoms with Crippen molar-refractivity contribution in [3.63, 3.8) is 0 Å². The number of rotatable bonds is 6. The van der Waals surface area contributed by atoms with Crippen LogP contribution in [-0.2, 0) is 0 Å². The molecule has 0 unspecified atom stereocenters. The molecule has 0 atom stereocenters. The van der Waals surface area contributed by atoms with Gasteiger partial charge in [0.25, 0.3) is 0 Å². The predicted octanol–water partition coefficient (Wildman–Crippen LogP) is 2.95. The molecule has 0 saturated carbocycles. The number of nitrogens with zero attached hydrogens (tertiary/aromatic N) is 1. The van der Waals surface area contributed by atoms with Crippen molar-refractivity contribution in [1.29, 1.82) is 0 Å². The topological polar surface area (TPSA) is 20.3 Å². The smallest absolute Gasteiger partial charge is 0.150 e. The molecule has 0 aliphatic rings. The summed E-state index contributed by atoms with van der Waals surface area (Å²) in [5.41, 5.74) is 1.86. The van der Waals surface area contributed by atoms with E-state index in [1.807, 2.05) is 24.3 Å². The van der Waals surface area contributed by atoms with E-state index in [1.54, 1.807) is 0 Å². The largest absolute Gasteiger partial charge is 0.372 e. The van der Waals surface area contributed by atoms with E-state index in [0.29, 0.717) is 11.4 Å². The highest BCUT2D eigenvalue weighted by Crippen LogP contribution is 2.14. The Labute approximate surface area is 95.8 Å². The zero-order valence-corrected chi connectivity index (χ0v) is 9.70. The van der Waals surface area contributed by atoms with E-state index in [2.05, 4.69) is 11.8 Å². The average Bonchev–Trinajstić information content (AvgIpc) is 2.31. The highest BCUT2D eigenvalue weighted by Gasteiger charge is 2.02. The Morgan fingerprint density at radius 3 is 2.47 bits per heavy atom. The molecule has 0 fully saturated rings. The Morgan fingerprint density at radius 2 is 2.00 bits per heavy atom. The summed E-state index contributed by atoms with van der Waals surface area (Å²) >= 11 is 5.66. The van der Waals surface area contributed by atoms with Gasteiger partial charge >= 0.3 is 0 Å². The molecular formula is C12H16ClNO. The lowest BCUT2D eigenvalue weighted by Crippen LogP contribution is -2.24. The van der Waals surface area contributed by atoms with Crippen molar-refractivity contribution in [2.75, 3.05) is 23.9 Å². The zero-order valence-electron chi connectivity index (χ0n) is 8.95. The molecule has 0 bridgehead atoms. The van der Waals surface area contributed by atoms with Crippen molar-refractivity contribution in [3.05, 3.63) is 29.8 Å². The van der Waals surface area contributed by atoms with E-state index in [9.17, 15) is 4.79 Å². The first-order valence-corrected chi connectivity index (χ1v) is 5.71. The first kappa shape index (κ1) is 12.1. The molecule has 1 aromatic rings. The van der Waals surface area contributed by atoms with E-state index < -0.39 is 0 Å². The lowest BCUT2D eigenvalue weighted by Gasteiger charge is -2.22. The van der Waals surface area contributed by atoms with Crippen molar-refractivity contribution in [2.45, 2.75) is 13.3 Å². The molecular weight excluding hydrogens is 210 g/mol. The van der Waals surface area contributed by atoms with E-state index in [-0.39, 0.29) is 0 Å². The standard InChI is InChI=1S/C12H16ClNO/c1-2-14(9-3-8-13)12-6-4-11(10-15)5-7-12/h4-7,10H,2-3,8-9H2,1H3. The van der Waals surface area contributed by atoms with E-state index >= 15 is 0 Å². The van der Waals surface area contributed by atoms with Crippen LogP contribution in [0.15, 0.2) is 24.3 Å². The zero-order chi connectivity index (χ0) is 11.1. The molecule has 3 heteroatoms. The van der Waals surface area contributed by atoms with E-state index in [0.717, 1.165) is 31.5 Å². The highest BCUT2D eigenvalue weighted by atomic mass is 35.5. The second-order valence-corrected chi connectivity index (χ2v) is 3.71. The van der Waals surface area contributed by atoms with Crippen molar-refractivity contribution in [3.8, 4) is 0 Å². The van der Waals surface area contributed by atoms with Gasteiger partial charge in [-0.1, -0.05) is 0 Å². The van der Waals surface area contributed by atoms with Gasteiger partial charge in [-0.15, -0.1) is 11.6 Å². The minimum atomic E-state index is 0.683. The number of carbonyl (C=O) groups is 1. The minimum absolute atomic E-state index is 0.683. The van der Waals surface area contributed by atoms with Gasteiger partial charge in [0.15, 0.2) is 0 Å². The van der Waals surface area contributed by atoms with Crippen LogP contribution >= 0.6 is 11.6 Å². The molecule has 15 heavy (non-hydrogen) atoms. The monoisotopic (exact) mass is 225 g/mol. The summed E-state index contributed by atoms with van der Waals surface area (Å²) in [7, 11) is 0. The second kappa shape index (κ2) is 6.46.